The fraction of sp³-hybridized carbons (Fsp3) is 0.0556. The van der Waals surface area contributed by atoms with Crippen LogP contribution in [0.25, 0.3) is 11.3 Å². The van der Waals surface area contributed by atoms with E-state index in [1.807, 2.05) is 0 Å². The first-order valence-corrected chi connectivity index (χ1v) is 8.04. The van der Waals surface area contributed by atoms with Gasteiger partial charge in [-0.05, 0) is 24.3 Å². The fourth-order valence-electron chi connectivity index (χ4n) is 2.34. The molecule has 0 bridgehead atoms. The van der Waals surface area contributed by atoms with Gasteiger partial charge in [0.1, 0.15) is 23.3 Å². The summed E-state index contributed by atoms with van der Waals surface area (Å²) in [6, 6.07) is 8.05. The van der Waals surface area contributed by atoms with Crippen LogP contribution < -0.4 is 10.5 Å². The maximum absolute atomic E-state index is 14.3. The lowest BCUT2D eigenvalue weighted by Gasteiger charge is -2.14. The third-order valence-corrected chi connectivity index (χ3v) is 3.91. The molecular formula is C18H11ClF2N2O5. The number of hydrogen-bond acceptors (Lipinski definition) is 5. The molecule has 0 fully saturated rings. The summed E-state index contributed by atoms with van der Waals surface area (Å²) in [5, 5.41) is 9.89. The molecule has 3 rings (SSSR count). The summed E-state index contributed by atoms with van der Waals surface area (Å²) in [7, 11) is 0. The second kappa shape index (κ2) is 7.65. The van der Waals surface area contributed by atoms with Crippen molar-refractivity contribution in [2.75, 3.05) is 0 Å². The van der Waals surface area contributed by atoms with Crippen LogP contribution in [0.15, 0.2) is 47.1 Å². The lowest BCUT2D eigenvalue weighted by molar-refractivity contribution is -0.146. The fourth-order valence-corrected chi connectivity index (χ4v) is 2.47. The molecule has 7 nitrogen and oxygen atoms in total. The minimum absolute atomic E-state index is 0.291. The van der Waals surface area contributed by atoms with Crippen LogP contribution in [0.2, 0.25) is 5.02 Å². The molecule has 0 aliphatic rings. The molecule has 1 heterocycles. The van der Waals surface area contributed by atoms with Crippen LogP contribution >= 0.6 is 11.6 Å². The largest absolute Gasteiger partial charge is 0.478 e. The summed E-state index contributed by atoms with van der Waals surface area (Å²) < 4.78 is 38.1. The number of carbonyl (C=O) groups excluding carboxylic acids is 1. The minimum Gasteiger partial charge on any atom is -0.478 e. The molecule has 1 amide bonds. The molecule has 28 heavy (non-hydrogen) atoms. The molecule has 0 aliphatic carbocycles. The molecule has 1 unspecified atom stereocenters. The summed E-state index contributed by atoms with van der Waals surface area (Å²) in [4.78, 5) is 26.8. The van der Waals surface area contributed by atoms with E-state index in [-0.39, 0.29) is 5.89 Å². The molecule has 3 aromatic rings. The Hall–Kier alpha value is -3.46. The number of rotatable bonds is 6. The van der Waals surface area contributed by atoms with Gasteiger partial charge in [0.25, 0.3) is 12.0 Å². The number of aromatic nitrogens is 1. The zero-order valence-electron chi connectivity index (χ0n) is 13.9. The topological polar surface area (TPSA) is 116 Å². The van der Waals surface area contributed by atoms with Gasteiger partial charge in [0.15, 0.2) is 11.6 Å². The molecule has 0 aliphatic heterocycles. The summed E-state index contributed by atoms with van der Waals surface area (Å²) in [6.45, 7) is 0. The monoisotopic (exact) mass is 408 g/mol. The number of carboxylic acids is 1. The van der Waals surface area contributed by atoms with E-state index in [1.54, 1.807) is 24.3 Å². The van der Waals surface area contributed by atoms with Crippen molar-refractivity contribution in [2.45, 2.75) is 6.10 Å². The van der Waals surface area contributed by atoms with Crippen molar-refractivity contribution in [1.82, 2.24) is 4.98 Å². The number of aliphatic carboxylic acids is 1. The van der Waals surface area contributed by atoms with Crippen LogP contribution in [0.3, 0.4) is 0 Å². The number of nitrogens with zero attached hydrogens (tertiary/aromatic N) is 1. The average Bonchev–Trinajstić information content (AvgIpc) is 3.11. The second-order valence-electron chi connectivity index (χ2n) is 5.51. The van der Waals surface area contributed by atoms with E-state index in [0.717, 1.165) is 12.1 Å². The van der Waals surface area contributed by atoms with Gasteiger partial charge in [-0.15, -0.1) is 0 Å². The summed E-state index contributed by atoms with van der Waals surface area (Å²) >= 11 is 5.81. The number of carboxylic acid groups (broad SMARTS) is 1. The average molecular weight is 409 g/mol. The Morgan fingerprint density at radius 3 is 2.46 bits per heavy atom. The smallest absolute Gasteiger partial charge is 0.354 e. The van der Waals surface area contributed by atoms with Crippen molar-refractivity contribution in [3.63, 3.8) is 0 Å². The highest BCUT2D eigenvalue weighted by Gasteiger charge is 2.30. The number of ether oxygens (including phenoxy) is 1. The summed E-state index contributed by atoms with van der Waals surface area (Å²) in [6.07, 6.45) is -0.671. The predicted molar refractivity (Wildman–Crippen MR) is 92.8 cm³/mol. The van der Waals surface area contributed by atoms with Crippen molar-refractivity contribution in [3.8, 4) is 17.0 Å². The second-order valence-corrected chi connectivity index (χ2v) is 5.95. The normalized spacial score (nSPS) is 11.8. The molecule has 144 valence electrons. The summed E-state index contributed by atoms with van der Waals surface area (Å²) in [5.41, 5.74) is 4.77. The van der Waals surface area contributed by atoms with Crippen molar-refractivity contribution in [3.05, 3.63) is 70.8 Å². The number of hydrogen-bond donors (Lipinski definition) is 2. The van der Waals surface area contributed by atoms with Crippen LogP contribution in [0, 0.1) is 11.6 Å². The zero-order valence-corrected chi connectivity index (χ0v) is 14.6. The van der Waals surface area contributed by atoms with E-state index >= 15 is 0 Å². The highest BCUT2D eigenvalue weighted by molar-refractivity contribution is 6.30. The SMILES string of the molecule is NC(=O)c1c(F)ccc(OC(C(=O)O)c2nc(-c3ccc(Cl)cc3)co2)c1F. The number of benzene rings is 2. The molecule has 3 N–H and O–H groups in total. The van der Waals surface area contributed by atoms with Gasteiger partial charge in [0.05, 0.1) is 0 Å². The molecule has 0 saturated carbocycles. The van der Waals surface area contributed by atoms with Crippen molar-refractivity contribution < 1.29 is 32.6 Å². The highest BCUT2D eigenvalue weighted by atomic mass is 35.5. The van der Waals surface area contributed by atoms with E-state index in [2.05, 4.69) is 4.98 Å². The number of halogens is 3. The van der Waals surface area contributed by atoms with Gasteiger partial charge in [0.2, 0.25) is 5.89 Å². The molecule has 0 spiro atoms. The summed E-state index contributed by atoms with van der Waals surface area (Å²) in [5.74, 6) is -6.63. The van der Waals surface area contributed by atoms with Gasteiger partial charge in [-0.25, -0.2) is 18.6 Å². The molecule has 10 heteroatoms. The number of carbonyl (C=O) groups is 2. The number of oxazole rings is 1. The van der Waals surface area contributed by atoms with E-state index in [9.17, 15) is 23.5 Å². The number of nitrogens with two attached hydrogens (primary N) is 1. The third kappa shape index (κ3) is 3.79. The van der Waals surface area contributed by atoms with Gasteiger partial charge >= 0.3 is 5.97 Å². The van der Waals surface area contributed by atoms with Gasteiger partial charge in [-0.2, -0.15) is 0 Å². The van der Waals surface area contributed by atoms with Crippen LogP contribution in [0.1, 0.15) is 22.4 Å². The van der Waals surface area contributed by atoms with Crippen molar-refractivity contribution in [2.24, 2.45) is 5.73 Å². The van der Waals surface area contributed by atoms with Crippen LogP contribution in [-0.2, 0) is 4.79 Å². The number of amides is 1. The van der Waals surface area contributed by atoms with Gasteiger partial charge < -0.3 is 20.0 Å². The number of primary amides is 1. The highest BCUT2D eigenvalue weighted by Crippen LogP contribution is 2.29. The van der Waals surface area contributed by atoms with Gasteiger partial charge in [0, 0.05) is 10.6 Å². The molecule has 1 aromatic heterocycles. The van der Waals surface area contributed by atoms with Crippen LogP contribution in [0.4, 0.5) is 8.78 Å². The van der Waals surface area contributed by atoms with E-state index in [1.165, 1.54) is 6.26 Å². The molecule has 0 saturated heterocycles. The van der Waals surface area contributed by atoms with Gasteiger partial charge in [-0.3, -0.25) is 4.79 Å². The first-order valence-electron chi connectivity index (χ1n) is 7.66. The van der Waals surface area contributed by atoms with E-state index in [4.69, 9.17) is 26.5 Å². The molecule has 1 atom stereocenters. The Kier molecular flexibility index (Phi) is 5.27. The minimum atomic E-state index is -1.86. The Labute approximate surface area is 161 Å². The molecule has 0 radical (unpaired) electrons. The first-order chi connectivity index (χ1) is 13.3. The van der Waals surface area contributed by atoms with Crippen molar-refractivity contribution in [1.29, 1.82) is 0 Å². The lowest BCUT2D eigenvalue weighted by Crippen LogP contribution is -2.21. The maximum Gasteiger partial charge on any atom is 0.354 e. The Morgan fingerprint density at radius 2 is 1.86 bits per heavy atom. The maximum atomic E-state index is 14.3. The van der Waals surface area contributed by atoms with Gasteiger partial charge in [-0.1, -0.05) is 23.7 Å². The first kappa shape index (κ1) is 19.3. The standard InChI is InChI=1S/C18H11ClF2N2O5/c19-9-3-1-8(2-4-9)11-7-27-17(23-11)15(18(25)26)28-12-6-5-10(20)13(14(12)21)16(22)24/h1-7,15H,(H2,22,24)(H,25,26). The van der Waals surface area contributed by atoms with Crippen LogP contribution in [-0.4, -0.2) is 22.0 Å². The van der Waals surface area contributed by atoms with Crippen LogP contribution in [0.5, 0.6) is 5.75 Å². The third-order valence-electron chi connectivity index (χ3n) is 3.66. The predicted octanol–water partition coefficient (Wildman–Crippen LogP) is 3.58. The quantitative estimate of drug-likeness (QED) is 0.644. The van der Waals surface area contributed by atoms with E-state index in [0.29, 0.717) is 16.3 Å². The Bertz CT molecular complexity index is 1050. The lowest BCUT2D eigenvalue weighted by atomic mass is 10.1. The zero-order chi connectivity index (χ0) is 20.4. The van der Waals surface area contributed by atoms with Crippen molar-refractivity contribution >= 4 is 23.5 Å². The Morgan fingerprint density at radius 1 is 1.18 bits per heavy atom. The van der Waals surface area contributed by atoms with E-state index < -0.39 is 40.9 Å². The molecule has 2 aromatic carbocycles. The Balaban J connectivity index is 1.94. The molecular weight excluding hydrogens is 398 g/mol.